The summed E-state index contributed by atoms with van der Waals surface area (Å²) in [6.07, 6.45) is 0. The van der Waals surface area contributed by atoms with Gasteiger partial charge in [0.15, 0.2) is 0 Å². The van der Waals surface area contributed by atoms with E-state index in [1.165, 1.54) is 0 Å². The van der Waals surface area contributed by atoms with Gasteiger partial charge in [0.25, 0.3) is 0 Å². The highest BCUT2D eigenvalue weighted by Crippen LogP contribution is 2.17. The summed E-state index contributed by atoms with van der Waals surface area (Å²) in [5, 5.41) is 2.91. The number of amides is 1. The van der Waals surface area contributed by atoms with Crippen LogP contribution in [0, 0.1) is 6.92 Å². The van der Waals surface area contributed by atoms with Crippen LogP contribution in [-0.2, 0) is 23.9 Å². The summed E-state index contributed by atoms with van der Waals surface area (Å²) in [6, 6.07) is 13.4. The van der Waals surface area contributed by atoms with E-state index >= 15 is 0 Å². The summed E-state index contributed by atoms with van der Waals surface area (Å²) in [7, 11) is 1.98. The fourth-order valence-electron chi connectivity index (χ4n) is 2.11. The van der Waals surface area contributed by atoms with Crippen LogP contribution < -0.4 is 11.1 Å². The minimum Gasteiger partial charge on any atom is -0.350 e. The third-order valence-corrected chi connectivity index (χ3v) is 3.75. The van der Waals surface area contributed by atoms with Crippen LogP contribution in [-0.4, -0.2) is 10.5 Å². The quantitative estimate of drug-likeness (QED) is 0.891. The Kier molecular flexibility index (Phi) is 3.95. The van der Waals surface area contributed by atoms with E-state index in [-0.39, 0.29) is 5.91 Å². The van der Waals surface area contributed by atoms with Gasteiger partial charge in [-0.3, -0.25) is 4.79 Å². The molecule has 1 atom stereocenters. The molecule has 1 unspecified atom stereocenters. The van der Waals surface area contributed by atoms with Crippen molar-refractivity contribution in [2.45, 2.75) is 25.9 Å². The highest BCUT2D eigenvalue weighted by atomic mass is 16.2. The fraction of sp³-hybridized carbons (Fsp3) is 0.312. The number of aromatic nitrogens is 1. The molecule has 0 aliphatic rings. The number of carbonyl (C=O) groups is 1. The molecular weight excluding hydrogens is 250 g/mol. The maximum Gasteiger partial charge on any atom is 0.244 e. The van der Waals surface area contributed by atoms with Gasteiger partial charge in [-0.05, 0) is 31.5 Å². The Bertz CT molecular complexity index is 599. The van der Waals surface area contributed by atoms with Crippen molar-refractivity contribution in [1.82, 2.24) is 9.88 Å². The van der Waals surface area contributed by atoms with Crippen LogP contribution in [0.15, 0.2) is 42.5 Å². The molecular formula is C16H21N3O. The van der Waals surface area contributed by atoms with E-state index < -0.39 is 5.54 Å². The molecule has 0 bridgehead atoms. The lowest BCUT2D eigenvalue weighted by molar-refractivity contribution is -0.126. The number of nitrogens with two attached hydrogens (primary N) is 1. The average Bonchev–Trinajstić information content (AvgIpc) is 2.77. The first-order valence-corrected chi connectivity index (χ1v) is 6.67. The molecule has 0 aliphatic carbocycles. The topological polar surface area (TPSA) is 60.1 Å². The van der Waals surface area contributed by atoms with Crippen molar-refractivity contribution in [3.8, 4) is 0 Å². The highest BCUT2D eigenvalue weighted by Gasteiger charge is 2.30. The van der Waals surface area contributed by atoms with Crippen LogP contribution >= 0.6 is 0 Å². The third-order valence-electron chi connectivity index (χ3n) is 3.75. The SMILES string of the molecule is Cc1ccc(CNC(=O)C(C)(N)c2ccccc2)n1C. The molecule has 1 aromatic heterocycles. The minimum absolute atomic E-state index is 0.178. The van der Waals surface area contributed by atoms with Crippen LogP contribution in [0.2, 0.25) is 0 Å². The Morgan fingerprint density at radius 1 is 1.25 bits per heavy atom. The van der Waals surface area contributed by atoms with Crippen LogP contribution in [0.4, 0.5) is 0 Å². The minimum atomic E-state index is -1.03. The lowest BCUT2D eigenvalue weighted by Gasteiger charge is -2.24. The number of hydrogen-bond donors (Lipinski definition) is 2. The van der Waals surface area contributed by atoms with E-state index in [0.717, 1.165) is 17.0 Å². The van der Waals surface area contributed by atoms with Crippen LogP contribution in [0.3, 0.4) is 0 Å². The van der Waals surface area contributed by atoms with E-state index in [1.54, 1.807) is 6.92 Å². The van der Waals surface area contributed by atoms with Gasteiger partial charge in [-0.1, -0.05) is 30.3 Å². The molecule has 106 valence electrons. The van der Waals surface area contributed by atoms with E-state index in [4.69, 9.17) is 5.73 Å². The maximum atomic E-state index is 12.3. The molecule has 20 heavy (non-hydrogen) atoms. The molecule has 2 aromatic rings. The zero-order valence-electron chi connectivity index (χ0n) is 12.2. The van der Waals surface area contributed by atoms with Crippen molar-refractivity contribution >= 4 is 5.91 Å². The summed E-state index contributed by atoms with van der Waals surface area (Å²) in [4.78, 5) is 12.3. The van der Waals surface area contributed by atoms with Crippen LogP contribution in [0.1, 0.15) is 23.9 Å². The van der Waals surface area contributed by atoms with E-state index in [1.807, 2.05) is 56.4 Å². The number of aryl methyl sites for hydroxylation is 1. The fourth-order valence-corrected chi connectivity index (χ4v) is 2.11. The first-order chi connectivity index (χ1) is 9.43. The zero-order valence-corrected chi connectivity index (χ0v) is 12.2. The van der Waals surface area contributed by atoms with Crippen molar-refractivity contribution in [3.63, 3.8) is 0 Å². The molecule has 1 amide bonds. The molecule has 1 heterocycles. The highest BCUT2D eigenvalue weighted by molar-refractivity contribution is 5.86. The summed E-state index contributed by atoms with van der Waals surface area (Å²) in [5.41, 5.74) is 8.17. The molecule has 4 nitrogen and oxygen atoms in total. The van der Waals surface area contributed by atoms with E-state index in [9.17, 15) is 4.79 Å². The van der Waals surface area contributed by atoms with Crippen molar-refractivity contribution in [2.75, 3.05) is 0 Å². The standard InChI is InChI=1S/C16H21N3O/c1-12-9-10-14(19(12)3)11-18-15(20)16(2,17)13-7-5-4-6-8-13/h4-10H,11,17H2,1-3H3,(H,18,20). The molecule has 3 N–H and O–H groups in total. The van der Waals surface area contributed by atoms with Crippen LogP contribution in [0.25, 0.3) is 0 Å². The van der Waals surface area contributed by atoms with Crippen molar-refractivity contribution in [1.29, 1.82) is 0 Å². The van der Waals surface area contributed by atoms with Gasteiger partial charge in [-0.15, -0.1) is 0 Å². The monoisotopic (exact) mass is 271 g/mol. The van der Waals surface area contributed by atoms with Gasteiger partial charge in [0.1, 0.15) is 5.54 Å². The summed E-state index contributed by atoms with van der Waals surface area (Å²) in [6.45, 7) is 4.24. The van der Waals surface area contributed by atoms with Gasteiger partial charge in [-0.25, -0.2) is 0 Å². The Morgan fingerprint density at radius 3 is 2.45 bits per heavy atom. The van der Waals surface area contributed by atoms with Crippen LogP contribution in [0.5, 0.6) is 0 Å². The zero-order chi connectivity index (χ0) is 14.8. The van der Waals surface area contributed by atoms with Gasteiger partial charge in [0.2, 0.25) is 5.91 Å². The van der Waals surface area contributed by atoms with Crippen molar-refractivity contribution < 1.29 is 4.79 Å². The van der Waals surface area contributed by atoms with E-state index in [2.05, 4.69) is 9.88 Å². The molecule has 0 fully saturated rings. The first-order valence-electron chi connectivity index (χ1n) is 6.67. The molecule has 0 aliphatic heterocycles. The lowest BCUT2D eigenvalue weighted by atomic mass is 9.92. The smallest absolute Gasteiger partial charge is 0.244 e. The lowest BCUT2D eigenvalue weighted by Crippen LogP contribution is -2.48. The third kappa shape index (κ3) is 2.75. The maximum absolute atomic E-state index is 12.3. The number of hydrogen-bond acceptors (Lipinski definition) is 2. The number of benzene rings is 1. The Balaban J connectivity index is 2.07. The Hall–Kier alpha value is -2.07. The number of nitrogens with one attached hydrogen (secondary N) is 1. The van der Waals surface area contributed by atoms with Gasteiger partial charge in [0, 0.05) is 18.4 Å². The largest absolute Gasteiger partial charge is 0.350 e. The predicted octanol–water partition coefficient (Wildman–Crippen LogP) is 1.82. The second kappa shape index (κ2) is 5.51. The average molecular weight is 271 g/mol. The number of nitrogens with zero attached hydrogens (tertiary/aromatic N) is 1. The molecule has 0 saturated heterocycles. The van der Waals surface area contributed by atoms with Gasteiger partial charge in [0.05, 0.1) is 6.54 Å². The molecule has 1 aromatic carbocycles. The van der Waals surface area contributed by atoms with E-state index in [0.29, 0.717) is 6.54 Å². The van der Waals surface area contributed by atoms with Gasteiger partial charge in [-0.2, -0.15) is 0 Å². The molecule has 0 radical (unpaired) electrons. The van der Waals surface area contributed by atoms with Crippen molar-refractivity contribution in [3.05, 3.63) is 59.4 Å². The second-order valence-electron chi connectivity index (χ2n) is 5.28. The van der Waals surface area contributed by atoms with Crippen molar-refractivity contribution in [2.24, 2.45) is 12.8 Å². The number of carbonyl (C=O) groups excluding carboxylic acids is 1. The molecule has 2 rings (SSSR count). The first kappa shape index (κ1) is 14.3. The summed E-state index contributed by atoms with van der Waals surface area (Å²) < 4.78 is 2.05. The Labute approximate surface area is 119 Å². The summed E-state index contributed by atoms with van der Waals surface area (Å²) >= 11 is 0. The molecule has 4 heteroatoms. The molecule has 0 spiro atoms. The molecule has 0 saturated carbocycles. The Morgan fingerprint density at radius 2 is 1.90 bits per heavy atom. The normalized spacial score (nSPS) is 13.8. The number of rotatable bonds is 4. The predicted molar refractivity (Wildman–Crippen MR) is 80.0 cm³/mol. The van der Waals surface area contributed by atoms with Gasteiger partial charge >= 0.3 is 0 Å². The van der Waals surface area contributed by atoms with Gasteiger partial charge < -0.3 is 15.6 Å². The summed E-state index contributed by atoms with van der Waals surface area (Å²) in [5.74, 6) is -0.178. The second-order valence-corrected chi connectivity index (χ2v) is 5.28.